The zero-order valence-electron chi connectivity index (χ0n) is 9.23. The molecule has 3 nitrogen and oxygen atoms in total. The summed E-state index contributed by atoms with van der Waals surface area (Å²) in [6.07, 6.45) is 5.57. The van der Waals surface area contributed by atoms with Crippen LogP contribution in [0.5, 0.6) is 0 Å². The lowest BCUT2D eigenvalue weighted by Gasteiger charge is -2.36. The average Bonchev–Trinajstić information content (AvgIpc) is 2.44. The van der Waals surface area contributed by atoms with E-state index in [0.717, 1.165) is 43.9 Å². The van der Waals surface area contributed by atoms with Crippen molar-refractivity contribution in [1.82, 2.24) is 4.90 Å². The predicted molar refractivity (Wildman–Crippen MR) is 62.3 cm³/mol. The second-order valence-electron chi connectivity index (χ2n) is 4.66. The lowest BCUT2D eigenvalue weighted by Crippen LogP contribution is -2.49. The molecule has 1 heterocycles. The number of nitrogens with zero attached hydrogens (tertiary/aromatic N) is 1. The number of aliphatic hydroxyl groups excluding tert-OH is 1. The second-order valence-corrected chi connectivity index (χ2v) is 6.35. The number of aliphatic hydroxyl groups is 1. The lowest BCUT2D eigenvalue weighted by molar-refractivity contribution is 0.0490. The van der Waals surface area contributed by atoms with Crippen LogP contribution in [0.1, 0.15) is 32.1 Å². The van der Waals surface area contributed by atoms with Gasteiger partial charge in [-0.1, -0.05) is 19.3 Å². The Balaban J connectivity index is 1.92. The fourth-order valence-corrected chi connectivity index (χ4v) is 3.76. The molecule has 0 aromatic heterocycles. The van der Waals surface area contributed by atoms with Crippen molar-refractivity contribution in [3.63, 3.8) is 0 Å². The van der Waals surface area contributed by atoms with E-state index in [0.29, 0.717) is 6.04 Å². The van der Waals surface area contributed by atoms with E-state index in [1.807, 2.05) is 0 Å². The highest BCUT2D eigenvalue weighted by molar-refractivity contribution is 7.85. The highest BCUT2D eigenvalue weighted by atomic mass is 32.2. The summed E-state index contributed by atoms with van der Waals surface area (Å²) in [6, 6.07) is 0.338. The van der Waals surface area contributed by atoms with E-state index in [-0.39, 0.29) is 6.10 Å². The summed E-state index contributed by atoms with van der Waals surface area (Å²) >= 11 is 0. The molecule has 0 bridgehead atoms. The first-order valence-corrected chi connectivity index (χ1v) is 7.53. The molecular weight excluding hydrogens is 210 g/mol. The third-order valence-corrected chi connectivity index (χ3v) is 4.90. The quantitative estimate of drug-likeness (QED) is 0.677. The number of hydrogen-bond acceptors (Lipinski definition) is 3. The molecule has 0 aromatic rings. The molecule has 15 heavy (non-hydrogen) atoms. The molecule has 0 radical (unpaired) electrons. The summed E-state index contributed by atoms with van der Waals surface area (Å²) in [4.78, 5) is 2.36. The van der Waals surface area contributed by atoms with E-state index in [1.165, 1.54) is 12.8 Å². The van der Waals surface area contributed by atoms with Crippen molar-refractivity contribution in [3.8, 4) is 0 Å². The molecule has 88 valence electrons. The number of hydrogen-bond donors (Lipinski definition) is 1. The van der Waals surface area contributed by atoms with Crippen LogP contribution in [0.25, 0.3) is 0 Å². The van der Waals surface area contributed by atoms with E-state index in [4.69, 9.17) is 0 Å². The van der Waals surface area contributed by atoms with Crippen LogP contribution in [0, 0.1) is 0 Å². The minimum Gasteiger partial charge on any atom is -0.391 e. The molecule has 2 rings (SSSR count). The zero-order chi connectivity index (χ0) is 10.7. The van der Waals surface area contributed by atoms with Gasteiger partial charge < -0.3 is 5.11 Å². The van der Waals surface area contributed by atoms with Gasteiger partial charge in [-0.25, -0.2) is 0 Å². The third kappa shape index (κ3) is 3.02. The minimum absolute atomic E-state index is 0.154. The molecule has 1 N–H and O–H groups in total. The van der Waals surface area contributed by atoms with Crippen molar-refractivity contribution in [2.75, 3.05) is 24.6 Å². The average molecular weight is 231 g/mol. The maximum absolute atomic E-state index is 11.3. The van der Waals surface area contributed by atoms with Crippen LogP contribution < -0.4 is 0 Å². The van der Waals surface area contributed by atoms with E-state index < -0.39 is 10.8 Å². The van der Waals surface area contributed by atoms with Gasteiger partial charge in [0.25, 0.3) is 0 Å². The third-order valence-electron chi connectivity index (χ3n) is 3.63. The van der Waals surface area contributed by atoms with Crippen molar-refractivity contribution >= 4 is 10.8 Å². The molecule has 1 aliphatic carbocycles. The van der Waals surface area contributed by atoms with Crippen LogP contribution in [-0.4, -0.2) is 51.0 Å². The highest BCUT2D eigenvalue weighted by Crippen LogP contribution is 2.23. The van der Waals surface area contributed by atoms with Crippen molar-refractivity contribution in [1.29, 1.82) is 0 Å². The lowest BCUT2D eigenvalue weighted by atomic mass is 10.0. The maximum Gasteiger partial charge on any atom is 0.0695 e. The van der Waals surface area contributed by atoms with Crippen LogP contribution >= 0.6 is 0 Å². The molecule has 2 aliphatic rings. The van der Waals surface area contributed by atoms with E-state index in [9.17, 15) is 9.32 Å². The van der Waals surface area contributed by atoms with E-state index >= 15 is 0 Å². The molecule has 1 saturated carbocycles. The maximum atomic E-state index is 11.3. The smallest absolute Gasteiger partial charge is 0.0695 e. The molecule has 0 spiro atoms. The van der Waals surface area contributed by atoms with Crippen molar-refractivity contribution in [2.24, 2.45) is 0 Å². The molecule has 2 fully saturated rings. The van der Waals surface area contributed by atoms with Crippen molar-refractivity contribution < 1.29 is 9.32 Å². The normalized spacial score (nSPS) is 36.3. The van der Waals surface area contributed by atoms with E-state index in [1.54, 1.807) is 0 Å². The van der Waals surface area contributed by atoms with Gasteiger partial charge >= 0.3 is 0 Å². The van der Waals surface area contributed by atoms with Gasteiger partial charge in [-0.2, -0.15) is 0 Å². The van der Waals surface area contributed by atoms with Gasteiger partial charge in [0.1, 0.15) is 0 Å². The first-order chi connectivity index (χ1) is 7.27. The fourth-order valence-electron chi connectivity index (χ4n) is 2.68. The van der Waals surface area contributed by atoms with Gasteiger partial charge in [-0.3, -0.25) is 9.11 Å². The Bertz CT molecular complexity index is 225. The summed E-state index contributed by atoms with van der Waals surface area (Å²) in [7, 11) is -0.604. The van der Waals surface area contributed by atoms with Gasteiger partial charge in [0, 0.05) is 41.4 Å². The second kappa shape index (κ2) is 5.41. The van der Waals surface area contributed by atoms with Crippen molar-refractivity contribution in [3.05, 3.63) is 0 Å². The van der Waals surface area contributed by atoms with Gasteiger partial charge in [-0.15, -0.1) is 0 Å². The Hall–Kier alpha value is 0.0700. The SMILES string of the molecule is O=S1CCN(C2CCCCCC2O)CC1. The Morgan fingerprint density at radius 3 is 2.47 bits per heavy atom. The van der Waals surface area contributed by atoms with Gasteiger partial charge in [0.05, 0.1) is 6.10 Å². The Morgan fingerprint density at radius 1 is 1.07 bits per heavy atom. The first kappa shape index (κ1) is 11.6. The largest absolute Gasteiger partial charge is 0.391 e. The van der Waals surface area contributed by atoms with Crippen LogP contribution in [-0.2, 0) is 10.8 Å². The van der Waals surface area contributed by atoms with Gasteiger partial charge in [0.2, 0.25) is 0 Å². The number of rotatable bonds is 1. The van der Waals surface area contributed by atoms with E-state index in [2.05, 4.69) is 4.90 Å². The molecule has 2 atom stereocenters. The summed E-state index contributed by atoms with van der Waals surface area (Å²) in [5, 5.41) is 10.0. The fraction of sp³-hybridized carbons (Fsp3) is 1.00. The zero-order valence-corrected chi connectivity index (χ0v) is 10.0. The molecule has 1 aliphatic heterocycles. The summed E-state index contributed by atoms with van der Waals surface area (Å²) < 4.78 is 11.3. The van der Waals surface area contributed by atoms with Gasteiger partial charge in [0.15, 0.2) is 0 Å². The minimum atomic E-state index is -0.604. The first-order valence-electron chi connectivity index (χ1n) is 6.04. The standard InChI is InChI=1S/C11H21NO2S/c13-11-5-3-1-2-4-10(11)12-6-8-15(14)9-7-12/h10-11,13H,1-9H2. The summed E-state index contributed by atoms with van der Waals surface area (Å²) in [5.74, 6) is 1.59. The van der Waals surface area contributed by atoms with Gasteiger partial charge in [-0.05, 0) is 12.8 Å². The molecule has 1 saturated heterocycles. The van der Waals surface area contributed by atoms with Crippen LogP contribution in [0.3, 0.4) is 0 Å². The van der Waals surface area contributed by atoms with Crippen LogP contribution in [0.2, 0.25) is 0 Å². The topological polar surface area (TPSA) is 40.5 Å². The Kier molecular flexibility index (Phi) is 4.17. The molecular formula is C11H21NO2S. The van der Waals surface area contributed by atoms with Crippen LogP contribution in [0.15, 0.2) is 0 Å². The van der Waals surface area contributed by atoms with Crippen molar-refractivity contribution in [2.45, 2.75) is 44.2 Å². The summed E-state index contributed by atoms with van der Waals surface area (Å²) in [5.41, 5.74) is 0. The highest BCUT2D eigenvalue weighted by Gasteiger charge is 2.29. The Labute approximate surface area is 94.3 Å². The monoisotopic (exact) mass is 231 g/mol. The molecule has 2 unspecified atom stereocenters. The Morgan fingerprint density at radius 2 is 1.73 bits per heavy atom. The molecule has 0 amide bonds. The predicted octanol–water partition coefficient (Wildman–Crippen LogP) is 0.744. The molecule has 0 aromatic carbocycles. The van der Waals surface area contributed by atoms with Crippen LogP contribution in [0.4, 0.5) is 0 Å². The molecule has 4 heteroatoms. The summed E-state index contributed by atoms with van der Waals surface area (Å²) in [6.45, 7) is 1.82.